The SMILES string of the molecule is CC(C)(CO)CNc1cncc(N)c1. The zero-order valence-electron chi connectivity index (χ0n) is 8.62. The second kappa shape index (κ2) is 4.28. The molecule has 0 atom stereocenters. The van der Waals surface area contributed by atoms with Gasteiger partial charge in [-0.2, -0.15) is 0 Å². The molecule has 0 spiro atoms. The van der Waals surface area contributed by atoms with E-state index in [1.54, 1.807) is 12.4 Å². The Bertz CT molecular complexity index is 299. The highest BCUT2D eigenvalue weighted by atomic mass is 16.3. The fourth-order valence-electron chi connectivity index (χ4n) is 0.952. The van der Waals surface area contributed by atoms with Crippen LogP contribution >= 0.6 is 0 Å². The first kappa shape index (κ1) is 10.8. The first-order valence-electron chi connectivity index (χ1n) is 4.59. The quantitative estimate of drug-likeness (QED) is 0.672. The number of hydrogen-bond donors (Lipinski definition) is 3. The second-order valence-corrected chi connectivity index (χ2v) is 4.18. The number of hydrogen-bond acceptors (Lipinski definition) is 4. The molecule has 0 aliphatic heterocycles. The molecule has 0 aliphatic carbocycles. The van der Waals surface area contributed by atoms with Crippen LogP contribution in [0.25, 0.3) is 0 Å². The van der Waals surface area contributed by atoms with Crippen molar-refractivity contribution in [3.8, 4) is 0 Å². The highest BCUT2D eigenvalue weighted by molar-refractivity contribution is 5.51. The Morgan fingerprint density at radius 1 is 1.50 bits per heavy atom. The molecule has 0 bridgehead atoms. The smallest absolute Gasteiger partial charge is 0.0547 e. The van der Waals surface area contributed by atoms with E-state index < -0.39 is 0 Å². The van der Waals surface area contributed by atoms with Gasteiger partial charge in [-0.3, -0.25) is 4.98 Å². The van der Waals surface area contributed by atoms with Crippen LogP contribution in [0, 0.1) is 5.41 Å². The number of aliphatic hydroxyl groups is 1. The Morgan fingerprint density at radius 3 is 2.79 bits per heavy atom. The molecule has 0 unspecified atom stereocenters. The van der Waals surface area contributed by atoms with E-state index in [0.717, 1.165) is 5.69 Å². The molecule has 1 heterocycles. The predicted molar refractivity (Wildman–Crippen MR) is 58.0 cm³/mol. The van der Waals surface area contributed by atoms with Crippen molar-refractivity contribution in [3.63, 3.8) is 0 Å². The topological polar surface area (TPSA) is 71.2 Å². The van der Waals surface area contributed by atoms with Crippen LogP contribution < -0.4 is 11.1 Å². The molecule has 0 fully saturated rings. The number of nitrogens with one attached hydrogen (secondary N) is 1. The normalized spacial score (nSPS) is 11.4. The number of nitrogens with two attached hydrogens (primary N) is 1. The summed E-state index contributed by atoms with van der Waals surface area (Å²) < 4.78 is 0. The molecule has 1 rings (SSSR count). The second-order valence-electron chi connectivity index (χ2n) is 4.18. The van der Waals surface area contributed by atoms with Crippen LogP contribution in [0.2, 0.25) is 0 Å². The Hall–Kier alpha value is -1.29. The average Bonchev–Trinajstić information content (AvgIpc) is 2.15. The fraction of sp³-hybridized carbons (Fsp3) is 0.500. The summed E-state index contributed by atoms with van der Waals surface area (Å²) in [5.74, 6) is 0. The summed E-state index contributed by atoms with van der Waals surface area (Å²) in [6, 6.07) is 1.82. The largest absolute Gasteiger partial charge is 0.397 e. The third-order valence-corrected chi connectivity index (χ3v) is 1.96. The molecule has 0 saturated heterocycles. The van der Waals surface area contributed by atoms with E-state index in [1.165, 1.54) is 0 Å². The van der Waals surface area contributed by atoms with Gasteiger partial charge in [0.25, 0.3) is 0 Å². The molecule has 0 aromatic carbocycles. The number of anilines is 2. The van der Waals surface area contributed by atoms with Gasteiger partial charge in [0, 0.05) is 24.8 Å². The highest BCUT2D eigenvalue weighted by Crippen LogP contribution is 2.16. The van der Waals surface area contributed by atoms with E-state index in [-0.39, 0.29) is 12.0 Å². The lowest BCUT2D eigenvalue weighted by Gasteiger charge is -2.22. The van der Waals surface area contributed by atoms with E-state index >= 15 is 0 Å². The Kier molecular flexibility index (Phi) is 3.30. The van der Waals surface area contributed by atoms with Gasteiger partial charge < -0.3 is 16.2 Å². The van der Waals surface area contributed by atoms with Crippen molar-refractivity contribution in [3.05, 3.63) is 18.5 Å². The van der Waals surface area contributed by atoms with Crippen LogP contribution in [-0.2, 0) is 0 Å². The van der Waals surface area contributed by atoms with E-state index in [2.05, 4.69) is 10.3 Å². The minimum Gasteiger partial charge on any atom is -0.397 e. The number of nitrogen functional groups attached to an aromatic ring is 1. The molecule has 1 aromatic rings. The van der Waals surface area contributed by atoms with Crippen molar-refractivity contribution in [2.45, 2.75) is 13.8 Å². The maximum Gasteiger partial charge on any atom is 0.0547 e. The molecular weight excluding hydrogens is 178 g/mol. The molecule has 1 aromatic heterocycles. The summed E-state index contributed by atoms with van der Waals surface area (Å²) in [7, 11) is 0. The van der Waals surface area contributed by atoms with Crippen LogP contribution in [0.5, 0.6) is 0 Å². The van der Waals surface area contributed by atoms with Gasteiger partial charge in [-0.05, 0) is 6.07 Å². The summed E-state index contributed by atoms with van der Waals surface area (Å²) in [5.41, 5.74) is 6.96. The standard InChI is InChI=1S/C10H17N3O/c1-10(2,7-14)6-13-9-3-8(11)4-12-5-9/h3-5,13-14H,6-7,11H2,1-2H3. The van der Waals surface area contributed by atoms with Crippen LogP contribution in [0.1, 0.15) is 13.8 Å². The van der Waals surface area contributed by atoms with E-state index in [1.807, 2.05) is 19.9 Å². The van der Waals surface area contributed by atoms with Gasteiger partial charge in [0.15, 0.2) is 0 Å². The van der Waals surface area contributed by atoms with Crippen molar-refractivity contribution in [1.82, 2.24) is 4.98 Å². The third-order valence-electron chi connectivity index (χ3n) is 1.96. The molecule has 4 heteroatoms. The maximum atomic E-state index is 9.05. The fourth-order valence-corrected chi connectivity index (χ4v) is 0.952. The predicted octanol–water partition coefficient (Wildman–Crippen LogP) is 1.09. The number of aromatic nitrogens is 1. The summed E-state index contributed by atoms with van der Waals surface area (Å²) in [4.78, 5) is 3.96. The molecule has 4 nitrogen and oxygen atoms in total. The van der Waals surface area contributed by atoms with Crippen molar-refractivity contribution in [2.75, 3.05) is 24.2 Å². The number of aliphatic hydroxyl groups excluding tert-OH is 1. The van der Waals surface area contributed by atoms with Gasteiger partial charge in [-0.15, -0.1) is 0 Å². The van der Waals surface area contributed by atoms with Gasteiger partial charge in [-0.25, -0.2) is 0 Å². The molecule has 14 heavy (non-hydrogen) atoms. The first-order valence-corrected chi connectivity index (χ1v) is 4.59. The minimum atomic E-state index is -0.134. The van der Waals surface area contributed by atoms with Crippen molar-refractivity contribution in [1.29, 1.82) is 0 Å². The molecule has 0 saturated carbocycles. The van der Waals surface area contributed by atoms with Crippen molar-refractivity contribution < 1.29 is 5.11 Å². The maximum absolute atomic E-state index is 9.05. The summed E-state index contributed by atoms with van der Waals surface area (Å²) in [6.07, 6.45) is 3.31. The van der Waals surface area contributed by atoms with Gasteiger partial charge in [0.05, 0.1) is 17.6 Å². The summed E-state index contributed by atoms with van der Waals surface area (Å²) in [6.45, 7) is 4.81. The molecule has 78 valence electrons. The summed E-state index contributed by atoms with van der Waals surface area (Å²) in [5, 5.41) is 12.2. The lowest BCUT2D eigenvalue weighted by Crippen LogP contribution is -2.26. The molecular formula is C10H17N3O. The minimum absolute atomic E-state index is 0.134. The molecule has 0 aliphatic rings. The number of nitrogens with zero attached hydrogens (tertiary/aromatic N) is 1. The zero-order valence-corrected chi connectivity index (χ0v) is 8.62. The van der Waals surface area contributed by atoms with E-state index in [9.17, 15) is 0 Å². The first-order chi connectivity index (χ1) is 6.53. The zero-order chi connectivity index (χ0) is 10.6. The van der Waals surface area contributed by atoms with Crippen LogP contribution in [0.3, 0.4) is 0 Å². The summed E-state index contributed by atoms with van der Waals surface area (Å²) >= 11 is 0. The highest BCUT2D eigenvalue weighted by Gasteiger charge is 2.15. The monoisotopic (exact) mass is 195 g/mol. The van der Waals surface area contributed by atoms with Gasteiger partial charge >= 0.3 is 0 Å². The van der Waals surface area contributed by atoms with Gasteiger partial charge in [-0.1, -0.05) is 13.8 Å². The average molecular weight is 195 g/mol. The number of rotatable bonds is 4. The van der Waals surface area contributed by atoms with Gasteiger partial charge in [0.1, 0.15) is 0 Å². The Balaban J connectivity index is 2.54. The lowest BCUT2D eigenvalue weighted by molar-refractivity contribution is 0.171. The Labute approximate surface area is 84.2 Å². The lowest BCUT2D eigenvalue weighted by atomic mass is 9.95. The third kappa shape index (κ3) is 3.22. The Morgan fingerprint density at radius 2 is 2.21 bits per heavy atom. The van der Waals surface area contributed by atoms with Crippen LogP contribution in [-0.4, -0.2) is 23.2 Å². The number of pyridine rings is 1. The van der Waals surface area contributed by atoms with Crippen LogP contribution in [0.15, 0.2) is 18.5 Å². The van der Waals surface area contributed by atoms with Crippen molar-refractivity contribution >= 4 is 11.4 Å². The molecule has 0 amide bonds. The molecule has 4 N–H and O–H groups in total. The van der Waals surface area contributed by atoms with E-state index in [4.69, 9.17) is 10.8 Å². The van der Waals surface area contributed by atoms with Crippen molar-refractivity contribution in [2.24, 2.45) is 5.41 Å². The molecule has 0 radical (unpaired) electrons. The van der Waals surface area contributed by atoms with Gasteiger partial charge in [0.2, 0.25) is 0 Å². The van der Waals surface area contributed by atoms with Crippen LogP contribution in [0.4, 0.5) is 11.4 Å². The van der Waals surface area contributed by atoms with E-state index in [0.29, 0.717) is 12.2 Å².